The SMILES string of the molecule is Cn1cc(C2CCC(=O)NC2=O)c2ccc(OCC(=O)N3CCN(CCCCOc4ccc(C5c6ccccc6CCC5c5ccccc5)cc4)CC3)cc21. The summed E-state index contributed by atoms with van der Waals surface area (Å²) in [5.41, 5.74) is 7.48. The van der Waals surface area contributed by atoms with Crippen LogP contribution in [0, 0.1) is 0 Å². The van der Waals surface area contributed by atoms with Crippen LogP contribution in [0.25, 0.3) is 10.9 Å². The van der Waals surface area contributed by atoms with Crippen molar-refractivity contribution in [3.63, 3.8) is 0 Å². The monoisotopic (exact) mass is 738 g/mol. The zero-order valence-electron chi connectivity index (χ0n) is 31.6. The fourth-order valence-corrected chi connectivity index (χ4v) is 8.84. The summed E-state index contributed by atoms with van der Waals surface area (Å²) >= 11 is 0. The van der Waals surface area contributed by atoms with Gasteiger partial charge in [0, 0.05) is 63.2 Å². The number of imide groups is 1. The number of piperidine rings is 1. The maximum Gasteiger partial charge on any atom is 0.260 e. The van der Waals surface area contributed by atoms with E-state index in [1.807, 2.05) is 40.9 Å². The molecule has 9 heteroatoms. The second-order valence-electron chi connectivity index (χ2n) is 15.2. The van der Waals surface area contributed by atoms with Crippen LogP contribution in [0.1, 0.15) is 77.7 Å². The van der Waals surface area contributed by atoms with Crippen molar-refractivity contribution in [3.05, 3.63) is 131 Å². The van der Waals surface area contributed by atoms with Crippen molar-refractivity contribution in [1.29, 1.82) is 0 Å². The van der Waals surface area contributed by atoms with E-state index < -0.39 is 0 Å². The third kappa shape index (κ3) is 8.17. The molecule has 3 atom stereocenters. The number of aryl methyl sites for hydroxylation is 2. The molecule has 1 aliphatic carbocycles. The van der Waals surface area contributed by atoms with Crippen LogP contribution in [0.5, 0.6) is 11.5 Å². The molecule has 3 aliphatic rings. The minimum atomic E-state index is -0.356. The Labute approximate surface area is 323 Å². The van der Waals surface area contributed by atoms with Gasteiger partial charge in [-0.05, 0) is 96.6 Å². The van der Waals surface area contributed by atoms with Crippen LogP contribution in [0.4, 0.5) is 0 Å². The van der Waals surface area contributed by atoms with Crippen LogP contribution in [0.3, 0.4) is 0 Å². The number of amides is 3. The van der Waals surface area contributed by atoms with Gasteiger partial charge in [-0.15, -0.1) is 0 Å². The second-order valence-corrected chi connectivity index (χ2v) is 15.2. The number of carbonyl (C=O) groups is 3. The zero-order chi connectivity index (χ0) is 37.7. The number of hydrogen-bond donors (Lipinski definition) is 1. The molecule has 1 aromatic heterocycles. The van der Waals surface area contributed by atoms with Gasteiger partial charge in [-0.2, -0.15) is 0 Å². The number of hydrogen-bond acceptors (Lipinski definition) is 6. The molecule has 3 amide bonds. The zero-order valence-corrected chi connectivity index (χ0v) is 31.6. The molecule has 0 bridgehead atoms. The van der Waals surface area contributed by atoms with E-state index >= 15 is 0 Å². The number of ether oxygens (including phenoxy) is 2. The number of rotatable bonds is 12. The number of fused-ring (bicyclic) bond motifs is 2. The molecule has 0 saturated carbocycles. The smallest absolute Gasteiger partial charge is 0.260 e. The van der Waals surface area contributed by atoms with Gasteiger partial charge >= 0.3 is 0 Å². The number of nitrogens with one attached hydrogen (secondary N) is 1. The van der Waals surface area contributed by atoms with Crippen LogP contribution in [-0.2, 0) is 27.9 Å². The molecule has 0 radical (unpaired) electrons. The molecular formula is C46H50N4O5. The molecule has 2 fully saturated rings. The third-order valence-corrected chi connectivity index (χ3v) is 11.8. The van der Waals surface area contributed by atoms with Crippen LogP contribution in [-0.4, -0.2) is 78.0 Å². The molecule has 9 nitrogen and oxygen atoms in total. The Morgan fingerprint density at radius 1 is 0.764 bits per heavy atom. The van der Waals surface area contributed by atoms with Gasteiger partial charge in [-0.3, -0.25) is 24.6 Å². The lowest BCUT2D eigenvalue weighted by Crippen LogP contribution is -2.50. The molecular weight excluding hydrogens is 689 g/mol. The Hall–Kier alpha value is -5.41. The summed E-state index contributed by atoms with van der Waals surface area (Å²) in [5, 5.41) is 3.40. The van der Waals surface area contributed by atoms with E-state index in [-0.39, 0.29) is 30.2 Å². The first-order chi connectivity index (χ1) is 26.9. The minimum absolute atomic E-state index is 0.0152. The van der Waals surface area contributed by atoms with E-state index in [2.05, 4.69) is 89.1 Å². The van der Waals surface area contributed by atoms with E-state index in [4.69, 9.17) is 9.47 Å². The lowest BCUT2D eigenvalue weighted by molar-refractivity contribution is -0.135. The lowest BCUT2D eigenvalue weighted by atomic mass is 9.69. The van der Waals surface area contributed by atoms with Gasteiger partial charge in [-0.1, -0.05) is 66.7 Å². The van der Waals surface area contributed by atoms with Gasteiger partial charge < -0.3 is 18.9 Å². The van der Waals surface area contributed by atoms with Crippen LogP contribution >= 0.6 is 0 Å². The number of benzene rings is 4. The van der Waals surface area contributed by atoms with Gasteiger partial charge in [0.1, 0.15) is 11.5 Å². The average Bonchev–Trinajstić information content (AvgIpc) is 3.54. The van der Waals surface area contributed by atoms with Crippen molar-refractivity contribution in [2.45, 2.75) is 56.3 Å². The Balaban J connectivity index is 0.761. The molecule has 8 rings (SSSR count). The van der Waals surface area contributed by atoms with Crippen molar-refractivity contribution >= 4 is 28.6 Å². The minimum Gasteiger partial charge on any atom is -0.494 e. The molecule has 55 heavy (non-hydrogen) atoms. The fourth-order valence-electron chi connectivity index (χ4n) is 8.84. The highest BCUT2D eigenvalue weighted by Gasteiger charge is 2.32. The first kappa shape index (κ1) is 36.6. The van der Waals surface area contributed by atoms with Gasteiger partial charge in [0.2, 0.25) is 11.8 Å². The van der Waals surface area contributed by atoms with Crippen molar-refractivity contribution in [1.82, 2.24) is 19.7 Å². The van der Waals surface area contributed by atoms with Crippen molar-refractivity contribution in [2.75, 3.05) is 45.9 Å². The van der Waals surface area contributed by atoms with Crippen LogP contribution in [0.15, 0.2) is 103 Å². The van der Waals surface area contributed by atoms with Crippen molar-refractivity contribution in [2.24, 2.45) is 7.05 Å². The van der Waals surface area contributed by atoms with Gasteiger partial charge in [0.25, 0.3) is 5.91 Å². The quantitative estimate of drug-likeness (QED) is 0.110. The Bertz CT molecular complexity index is 2140. The molecule has 2 aliphatic heterocycles. The molecule has 0 spiro atoms. The van der Waals surface area contributed by atoms with Gasteiger partial charge in [0.05, 0.1) is 18.0 Å². The Morgan fingerprint density at radius 2 is 1.53 bits per heavy atom. The molecule has 5 aromatic rings. The molecule has 2 saturated heterocycles. The Morgan fingerprint density at radius 3 is 2.33 bits per heavy atom. The van der Waals surface area contributed by atoms with Crippen molar-refractivity contribution in [3.8, 4) is 11.5 Å². The third-order valence-electron chi connectivity index (χ3n) is 11.8. The standard InChI is InChI=1S/C46H50N4O5/c1-48-30-41(40-21-22-43(51)47-46(40)53)39-20-18-36(29-42(39)48)55-31-44(52)50-26-24-49(25-27-50)23-7-8-28-54-35-16-13-34(14-17-35)45-37-12-6-5-11-33(37)15-19-38(45)32-9-3-2-4-10-32/h2-6,9-14,16-18,20,29-30,38,40,45H,7-8,15,19,21-28,31H2,1H3,(H,47,51,53). The second kappa shape index (κ2) is 16.5. The van der Waals surface area contributed by atoms with Crippen LogP contribution < -0.4 is 14.8 Å². The molecule has 3 heterocycles. The summed E-state index contributed by atoms with van der Waals surface area (Å²) in [5.74, 6) is 1.47. The van der Waals surface area contributed by atoms with E-state index in [9.17, 15) is 14.4 Å². The number of piperazine rings is 1. The summed E-state index contributed by atoms with van der Waals surface area (Å²) in [7, 11) is 1.93. The van der Waals surface area contributed by atoms with E-state index in [0.717, 1.165) is 67.5 Å². The average molecular weight is 739 g/mol. The summed E-state index contributed by atoms with van der Waals surface area (Å²) < 4.78 is 14.1. The summed E-state index contributed by atoms with van der Waals surface area (Å²) in [6.45, 7) is 4.72. The largest absolute Gasteiger partial charge is 0.494 e. The highest BCUT2D eigenvalue weighted by molar-refractivity contribution is 6.03. The van der Waals surface area contributed by atoms with E-state index in [0.29, 0.717) is 50.1 Å². The molecule has 284 valence electrons. The first-order valence-corrected chi connectivity index (χ1v) is 19.8. The maximum absolute atomic E-state index is 13.1. The highest BCUT2D eigenvalue weighted by Crippen LogP contribution is 2.46. The lowest BCUT2D eigenvalue weighted by Gasteiger charge is -2.34. The summed E-state index contributed by atoms with van der Waals surface area (Å²) in [6, 6.07) is 34.4. The van der Waals surface area contributed by atoms with Gasteiger partial charge in [0.15, 0.2) is 6.61 Å². The van der Waals surface area contributed by atoms with E-state index in [1.165, 1.54) is 22.3 Å². The first-order valence-electron chi connectivity index (χ1n) is 19.8. The number of nitrogens with zero attached hydrogens (tertiary/aromatic N) is 3. The maximum atomic E-state index is 13.1. The fraction of sp³-hybridized carbons (Fsp3) is 0.370. The highest BCUT2D eigenvalue weighted by atomic mass is 16.5. The predicted octanol–water partition coefficient (Wildman–Crippen LogP) is 6.94. The molecule has 1 N–H and O–H groups in total. The summed E-state index contributed by atoms with van der Waals surface area (Å²) in [4.78, 5) is 41.5. The molecule has 4 aromatic carbocycles. The van der Waals surface area contributed by atoms with E-state index in [1.54, 1.807) is 0 Å². The summed E-state index contributed by atoms with van der Waals surface area (Å²) in [6.07, 6.45) is 7.06. The molecule has 3 unspecified atom stereocenters. The number of unbranched alkanes of at least 4 members (excludes halogenated alkanes) is 1. The number of carbonyl (C=O) groups excluding carboxylic acids is 3. The Kier molecular flexibility index (Phi) is 11.0. The predicted molar refractivity (Wildman–Crippen MR) is 214 cm³/mol. The van der Waals surface area contributed by atoms with Crippen molar-refractivity contribution < 1.29 is 23.9 Å². The number of aromatic nitrogens is 1. The van der Waals surface area contributed by atoms with Gasteiger partial charge in [-0.25, -0.2) is 0 Å². The topological polar surface area (TPSA) is 93.1 Å². The normalized spacial score (nSPS) is 20.2. The van der Waals surface area contributed by atoms with Crippen LogP contribution in [0.2, 0.25) is 0 Å².